The van der Waals surface area contributed by atoms with Gasteiger partial charge < -0.3 is 10.1 Å². The molecule has 1 N–H and O–H groups in total. The largest absolute Gasteiger partial charge is 0.493 e. The molecule has 0 heterocycles. The first-order valence-corrected chi connectivity index (χ1v) is 10.4. The Kier molecular flexibility index (Phi) is 7.82. The van der Waals surface area contributed by atoms with Crippen LogP contribution in [0.15, 0.2) is 59.5 Å². The van der Waals surface area contributed by atoms with Crippen molar-refractivity contribution < 1.29 is 17.9 Å². The molecule has 27 heavy (non-hydrogen) atoms. The molecule has 0 radical (unpaired) electrons. The number of para-hydroxylation sites is 1. The average molecular weight is 391 g/mol. The van der Waals surface area contributed by atoms with Crippen molar-refractivity contribution >= 4 is 15.9 Å². The first kappa shape index (κ1) is 20.9. The number of nitrogens with one attached hydrogen (secondary N) is 1. The Bertz CT molecular complexity index is 817. The van der Waals surface area contributed by atoms with E-state index in [4.69, 9.17) is 4.74 Å². The molecule has 0 bridgehead atoms. The fraction of sp³-hybridized carbons (Fsp3) is 0.350. The lowest BCUT2D eigenvalue weighted by atomic mass is 10.2. The van der Waals surface area contributed by atoms with E-state index in [2.05, 4.69) is 5.32 Å². The van der Waals surface area contributed by atoms with Gasteiger partial charge in [-0.3, -0.25) is 4.79 Å². The fourth-order valence-corrected chi connectivity index (χ4v) is 4.02. The van der Waals surface area contributed by atoms with E-state index in [0.717, 1.165) is 11.3 Å². The molecule has 146 valence electrons. The van der Waals surface area contributed by atoms with Crippen LogP contribution in [-0.2, 0) is 21.4 Å². The summed E-state index contributed by atoms with van der Waals surface area (Å²) in [4.78, 5) is 12.2. The van der Waals surface area contributed by atoms with Crippen molar-refractivity contribution in [2.45, 2.75) is 31.7 Å². The van der Waals surface area contributed by atoms with Gasteiger partial charge in [-0.1, -0.05) is 44.2 Å². The van der Waals surface area contributed by atoms with Gasteiger partial charge in [0.15, 0.2) is 0 Å². The number of hydrogen-bond acceptors (Lipinski definition) is 4. The van der Waals surface area contributed by atoms with Gasteiger partial charge in [0.1, 0.15) is 5.75 Å². The van der Waals surface area contributed by atoms with Gasteiger partial charge in [0.05, 0.1) is 17.9 Å². The van der Waals surface area contributed by atoms with E-state index in [0.29, 0.717) is 26.2 Å². The number of benzene rings is 2. The Morgan fingerprint density at radius 1 is 1.00 bits per heavy atom. The Labute approximate surface area is 161 Å². The quantitative estimate of drug-likeness (QED) is 0.677. The van der Waals surface area contributed by atoms with E-state index in [1.807, 2.05) is 44.2 Å². The number of nitrogens with zero attached hydrogens (tertiary/aromatic N) is 1. The van der Waals surface area contributed by atoms with Crippen molar-refractivity contribution in [2.75, 3.05) is 19.7 Å². The molecule has 0 aliphatic heterocycles. The molecule has 0 unspecified atom stereocenters. The van der Waals surface area contributed by atoms with E-state index >= 15 is 0 Å². The topological polar surface area (TPSA) is 75.7 Å². The van der Waals surface area contributed by atoms with E-state index in [-0.39, 0.29) is 17.2 Å². The number of rotatable bonds is 10. The zero-order valence-corrected chi connectivity index (χ0v) is 16.5. The first-order chi connectivity index (χ1) is 13.0. The molecule has 0 saturated heterocycles. The summed E-state index contributed by atoms with van der Waals surface area (Å²) in [5.74, 6) is 0.612. The van der Waals surface area contributed by atoms with Crippen molar-refractivity contribution in [3.63, 3.8) is 0 Å². The molecule has 6 nitrogen and oxygen atoms in total. The summed E-state index contributed by atoms with van der Waals surface area (Å²) in [5, 5.41) is 2.81. The zero-order chi connectivity index (χ0) is 19.7. The second-order valence-electron chi connectivity index (χ2n) is 5.92. The Hall–Kier alpha value is -2.38. The van der Waals surface area contributed by atoms with Gasteiger partial charge in [0.2, 0.25) is 15.9 Å². The van der Waals surface area contributed by atoms with Crippen LogP contribution < -0.4 is 10.1 Å². The minimum atomic E-state index is -3.46. The molecular formula is C20H26N2O4S. The predicted molar refractivity (Wildman–Crippen MR) is 105 cm³/mol. The summed E-state index contributed by atoms with van der Waals surface area (Å²) in [6.07, 6.45) is 0.253. The Balaban J connectivity index is 1.81. The smallest absolute Gasteiger partial charge is 0.243 e. The average Bonchev–Trinajstić information content (AvgIpc) is 2.68. The molecule has 7 heteroatoms. The van der Waals surface area contributed by atoms with Crippen molar-refractivity contribution in [2.24, 2.45) is 0 Å². The predicted octanol–water partition coefficient (Wildman–Crippen LogP) is 2.80. The number of sulfonamides is 1. The molecule has 0 fully saturated rings. The fourth-order valence-electron chi connectivity index (χ4n) is 2.56. The zero-order valence-electron chi connectivity index (χ0n) is 15.7. The van der Waals surface area contributed by atoms with Crippen LogP contribution >= 0.6 is 0 Å². The van der Waals surface area contributed by atoms with Crippen LogP contribution in [0.4, 0.5) is 0 Å². The van der Waals surface area contributed by atoms with Crippen molar-refractivity contribution in [1.82, 2.24) is 9.62 Å². The molecule has 2 rings (SSSR count). The van der Waals surface area contributed by atoms with Gasteiger partial charge in [-0.25, -0.2) is 8.42 Å². The maximum Gasteiger partial charge on any atom is 0.243 e. The van der Waals surface area contributed by atoms with Gasteiger partial charge in [0.25, 0.3) is 0 Å². The number of hydrogen-bond donors (Lipinski definition) is 1. The van der Waals surface area contributed by atoms with Gasteiger partial charge in [-0.05, 0) is 29.8 Å². The molecule has 1 amide bonds. The number of ether oxygens (including phenoxy) is 1. The van der Waals surface area contributed by atoms with Crippen LogP contribution in [0, 0.1) is 0 Å². The van der Waals surface area contributed by atoms with Crippen molar-refractivity contribution in [3.8, 4) is 5.75 Å². The highest BCUT2D eigenvalue weighted by atomic mass is 32.2. The maximum atomic E-state index is 12.4. The van der Waals surface area contributed by atoms with Gasteiger partial charge in [-0.2, -0.15) is 4.31 Å². The van der Waals surface area contributed by atoms with Crippen LogP contribution in [0.25, 0.3) is 0 Å². The lowest BCUT2D eigenvalue weighted by Crippen LogP contribution is -2.30. The van der Waals surface area contributed by atoms with Crippen LogP contribution in [0.2, 0.25) is 0 Å². The second-order valence-corrected chi connectivity index (χ2v) is 7.86. The third-order valence-corrected chi connectivity index (χ3v) is 6.16. The highest BCUT2D eigenvalue weighted by molar-refractivity contribution is 7.89. The van der Waals surface area contributed by atoms with Crippen LogP contribution in [0.5, 0.6) is 5.75 Å². The summed E-state index contributed by atoms with van der Waals surface area (Å²) in [5.41, 5.74) is 0.839. The highest BCUT2D eigenvalue weighted by Gasteiger charge is 2.21. The molecule has 0 atom stereocenters. The summed E-state index contributed by atoms with van der Waals surface area (Å²) >= 11 is 0. The third kappa shape index (κ3) is 6.08. The highest BCUT2D eigenvalue weighted by Crippen LogP contribution is 2.16. The monoisotopic (exact) mass is 390 g/mol. The number of carbonyl (C=O) groups excluding carboxylic acids is 1. The maximum absolute atomic E-state index is 12.4. The minimum Gasteiger partial charge on any atom is -0.493 e. The first-order valence-electron chi connectivity index (χ1n) is 9.01. The SMILES string of the molecule is CCN(CC)S(=O)(=O)c1ccc(CNC(=O)CCOc2ccccc2)cc1. The third-order valence-electron chi connectivity index (χ3n) is 4.10. The van der Waals surface area contributed by atoms with E-state index in [9.17, 15) is 13.2 Å². The molecule has 2 aromatic rings. The second kappa shape index (κ2) is 10.1. The summed E-state index contributed by atoms with van der Waals surface area (Å²) in [6.45, 7) is 5.13. The number of amides is 1. The molecule has 0 saturated carbocycles. The lowest BCUT2D eigenvalue weighted by molar-refractivity contribution is -0.121. The van der Waals surface area contributed by atoms with E-state index < -0.39 is 10.0 Å². The molecule has 0 aliphatic carbocycles. The standard InChI is InChI=1S/C20H26N2O4S/c1-3-22(4-2)27(24,25)19-12-10-17(11-13-19)16-21-20(23)14-15-26-18-8-6-5-7-9-18/h5-13H,3-4,14-16H2,1-2H3,(H,21,23). The van der Waals surface area contributed by atoms with E-state index in [1.54, 1.807) is 24.3 Å². The molecule has 0 aromatic heterocycles. The van der Waals surface area contributed by atoms with E-state index in [1.165, 1.54) is 4.31 Å². The van der Waals surface area contributed by atoms with Gasteiger partial charge >= 0.3 is 0 Å². The van der Waals surface area contributed by atoms with Gasteiger partial charge in [-0.15, -0.1) is 0 Å². The lowest BCUT2D eigenvalue weighted by Gasteiger charge is -2.18. The Morgan fingerprint density at radius 2 is 1.63 bits per heavy atom. The molecule has 0 spiro atoms. The summed E-state index contributed by atoms with van der Waals surface area (Å²) in [6, 6.07) is 15.9. The van der Waals surface area contributed by atoms with Crippen LogP contribution in [-0.4, -0.2) is 38.3 Å². The van der Waals surface area contributed by atoms with Crippen LogP contribution in [0.1, 0.15) is 25.8 Å². The normalized spacial score (nSPS) is 11.4. The molecule has 0 aliphatic rings. The summed E-state index contributed by atoms with van der Waals surface area (Å²) < 4.78 is 31.8. The molecule has 2 aromatic carbocycles. The summed E-state index contributed by atoms with van der Waals surface area (Å²) in [7, 11) is -3.46. The van der Waals surface area contributed by atoms with Crippen LogP contribution in [0.3, 0.4) is 0 Å². The molecular weight excluding hydrogens is 364 g/mol. The van der Waals surface area contributed by atoms with Crippen molar-refractivity contribution in [1.29, 1.82) is 0 Å². The Morgan fingerprint density at radius 3 is 2.22 bits per heavy atom. The minimum absolute atomic E-state index is 0.120. The van der Waals surface area contributed by atoms with Gasteiger partial charge in [0, 0.05) is 19.6 Å². The number of carbonyl (C=O) groups is 1. The van der Waals surface area contributed by atoms with Crippen molar-refractivity contribution in [3.05, 3.63) is 60.2 Å².